The topological polar surface area (TPSA) is 75.1 Å². The summed E-state index contributed by atoms with van der Waals surface area (Å²) in [4.78, 5) is 12.6. The molecule has 1 aliphatic rings. The molecule has 2 aromatic rings. The quantitative estimate of drug-likeness (QED) is 0.802. The number of alkyl halides is 3. The van der Waals surface area contributed by atoms with E-state index in [9.17, 15) is 18.0 Å². The van der Waals surface area contributed by atoms with Crippen LogP contribution in [0.2, 0.25) is 0 Å². The van der Waals surface area contributed by atoms with E-state index in [1.54, 1.807) is 13.0 Å². The van der Waals surface area contributed by atoms with E-state index in [-0.39, 0.29) is 10.7 Å². The van der Waals surface area contributed by atoms with E-state index in [4.69, 9.17) is 22.7 Å². The Morgan fingerprint density at radius 1 is 1.42 bits per heavy atom. The van der Waals surface area contributed by atoms with Crippen molar-refractivity contribution in [2.24, 2.45) is 12.8 Å². The van der Waals surface area contributed by atoms with Gasteiger partial charge in [0.05, 0.1) is 11.3 Å². The third-order valence-corrected chi connectivity index (χ3v) is 4.45. The van der Waals surface area contributed by atoms with Crippen LogP contribution in [0.15, 0.2) is 10.9 Å². The van der Waals surface area contributed by atoms with Gasteiger partial charge in [-0.15, -0.1) is 5.10 Å². The first-order valence-corrected chi connectivity index (χ1v) is 8.13. The number of fused-ring (bicyclic) bond motifs is 1. The summed E-state index contributed by atoms with van der Waals surface area (Å²) in [7, 11) is 1.04. The summed E-state index contributed by atoms with van der Waals surface area (Å²) < 4.78 is 46.6. The Bertz CT molecular complexity index is 989. The van der Waals surface area contributed by atoms with Crippen molar-refractivity contribution in [3.05, 3.63) is 39.1 Å². The molecule has 0 aliphatic carbocycles. The van der Waals surface area contributed by atoms with Crippen LogP contribution >= 0.6 is 12.2 Å². The maximum atomic E-state index is 13.1. The molecular weight excluding hydrogens is 369 g/mol. The number of nitrogens with two attached hydrogens (primary N) is 1. The number of hydrogen-bond acceptors (Lipinski definition) is 4. The van der Waals surface area contributed by atoms with Crippen LogP contribution in [-0.4, -0.2) is 24.9 Å². The van der Waals surface area contributed by atoms with Crippen molar-refractivity contribution in [3.63, 3.8) is 0 Å². The number of aryl methyl sites for hydroxylation is 1. The minimum atomic E-state index is -4.75. The summed E-state index contributed by atoms with van der Waals surface area (Å²) in [5, 5.41) is 3.53. The third-order valence-electron chi connectivity index (χ3n) is 4.23. The summed E-state index contributed by atoms with van der Waals surface area (Å²) >= 11 is 5.06. The maximum absolute atomic E-state index is 13.1. The Balaban J connectivity index is 2.35. The van der Waals surface area contributed by atoms with Gasteiger partial charge in [0.25, 0.3) is 0 Å². The molecule has 0 radical (unpaired) electrons. The maximum Gasteiger partial charge on any atom is 0.451 e. The number of aromatic nitrogens is 3. The van der Waals surface area contributed by atoms with E-state index in [2.05, 4.69) is 5.10 Å². The Morgan fingerprint density at radius 3 is 2.54 bits per heavy atom. The number of hydrogen-bond donors (Lipinski definition) is 1. The lowest BCUT2D eigenvalue weighted by Crippen LogP contribution is -2.26. The zero-order valence-corrected chi connectivity index (χ0v) is 15.4. The Kier molecular flexibility index (Phi) is 3.95. The van der Waals surface area contributed by atoms with Gasteiger partial charge in [0, 0.05) is 19.0 Å². The monoisotopic (exact) mass is 386 g/mol. The van der Waals surface area contributed by atoms with Gasteiger partial charge in [0.1, 0.15) is 16.3 Å². The molecule has 1 aromatic carbocycles. The molecule has 2 heterocycles. The van der Waals surface area contributed by atoms with Crippen molar-refractivity contribution in [1.29, 1.82) is 0 Å². The fourth-order valence-electron chi connectivity index (χ4n) is 3.18. The van der Waals surface area contributed by atoms with Gasteiger partial charge in [-0.3, -0.25) is 4.57 Å². The molecular formula is C16H17F3N4O2S. The van der Waals surface area contributed by atoms with Crippen LogP contribution in [0.25, 0.3) is 5.69 Å². The van der Waals surface area contributed by atoms with Gasteiger partial charge in [0.2, 0.25) is 5.82 Å². The predicted octanol–water partition coefficient (Wildman–Crippen LogP) is 2.25. The van der Waals surface area contributed by atoms with Gasteiger partial charge in [-0.25, -0.2) is 4.79 Å². The van der Waals surface area contributed by atoms with Crippen molar-refractivity contribution in [2.75, 3.05) is 0 Å². The van der Waals surface area contributed by atoms with Crippen LogP contribution in [0, 0.1) is 6.92 Å². The van der Waals surface area contributed by atoms with Gasteiger partial charge in [0.15, 0.2) is 0 Å². The molecule has 3 rings (SSSR count). The van der Waals surface area contributed by atoms with Gasteiger partial charge < -0.3 is 10.5 Å². The summed E-state index contributed by atoms with van der Waals surface area (Å²) in [6.45, 7) is 5.33. The van der Waals surface area contributed by atoms with Crippen LogP contribution in [-0.2, 0) is 19.6 Å². The van der Waals surface area contributed by atoms with E-state index in [0.717, 1.165) is 11.7 Å². The zero-order chi connectivity index (χ0) is 19.6. The van der Waals surface area contributed by atoms with Crippen molar-refractivity contribution in [3.8, 4) is 11.4 Å². The molecule has 0 spiro atoms. The zero-order valence-electron chi connectivity index (χ0n) is 14.6. The fourth-order valence-corrected chi connectivity index (χ4v) is 3.34. The molecule has 0 saturated carbocycles. The van der Waals surface area contributed by atoms with Gasteiger partial charge in [-0.05, 0) is 32.4 Å². The number of rotatable bonds is 2. The number of nitrogens with zero attached hydrogens (tertiary/aromatic N) is 3. The molecule has 0 bridgehead atoms. The highest BCUT2D eigenvalue weighted by atomic mass is 32.1. The summed E-state index contributed by atoms with van der Waals surface area (Å²) in [5.74, 6) is -0.888. The van der Waals surface area contributed by atoms with Gasteiger partial charge in [-0.2, -0.15) is 17.9 Å². The molecule has 26 heavy (non-hydrogen) atoms. The molecule has 0 unspecified atom stereocenters. The summed E-state index contributed by atoms with van der Waals surface area (Å²) in [6, 6.07) is 1.60. The Hall–Kier alpha value is -2.36. The van der Waals surface area contributed by atoms with E-state index in [0.29, 0.717) is 33.4 Å². The fraction of sp³-hybridized carbons (Fsp3) is 0.438. The van der Waals surface area contributed by atoms with E-state index in [1.165, 1.54) is 0 Å². The Labute approximate surface area is 152 Å². The van der Waals surface area contributed by atoms with Crippen molar-refractivity contribution in [2.45, 2.75) is 39.0 Å². The second kappa shape index (κ2) is 5.57. The molecule has 6 nitrogen and oxygen atoms in total. The number of halogens is 3. The van der Waals surface area contributed by atoms with E-state index < -0.39 is 23.3 Å². The molecule has 10 heteroatoms. The lowest BCUT2D eigenvalue weighted by molar-refractivity contribution is -0.147. The first-order valence-electron chi connectivity index (χ1n) is 7.72. The van der Waals surface area contributed by atoms with Gasteiger partial charge in [-0.1, -0.05) is 12.2 Å². The van der Waals surface area contributed by atoms with Crippen LogP contribution in [0.4, 0.5) is 13.2 Å². The summed E-state index contributed by atoms with van der Waals surface area (Å²) in [6.07, 6.45) is -4.37. The van der Waals surface area contributed by atoms with Crippen LogP contribution in [0.5, 0.6) is 5.75 Å². The average Bonchev–Trinajstić information content (AvgIpc) is 2.95. The SMILES string of the molecule is Cc1cc(C(N)=S)c2c(c1-n1nc(C(F)(F)F)n(C)c1=O)CC(C)(C)O2. The highest BCUT2D eigenvalue weighted by molar-refractivity contribution is 7.80. The second-order valence-corrected chi connectivity index (χ2v) is 7.31. The molecule has 0 atom stereocenters. The summed E-state index contributed by atoms with van der Waals surface area (Å²) in [5.41, 5.74) is 6.10. The number of ether oxygens (including phenoxy) is 1. The molecule has 2 N–H and O–H groups in total. The first-order chi connectivity index (χ1) is 11.8. The average molecular weight is 386 g/mol. The molecule has 0 amide bonds. The number of benzene rings is 1. The predicted molar refractivity (Wildman–Crippen MR) is 92.8 cm³/mol. The highest BCUT2D eigenvalue weighted by Gasteiger charge is 2.40. The van der Waals surface area contributed by atoms with Crippen LogP contribution < -0.4 is 16.2 Å². The van der Waals surface area contributed by atoms with Crippen molar-refractivity contribution < 1.29 is 17.9 Å². The van der Waals surface area contributed by atoms with Crippen LogP contribution in [0.3, 0.4) is 0 Å². The normalized spacial score (nSPS) is 15.7. The molecule has 140 valence electrons. The van der Waals surface area contributed by atoms with Crippen molar-refractivity contribution in [1.82, 2.24) is 14.3 Å². The van der Waals surface area contributed by atoms with E-state index >= 15 is 0 Å². The van der Waals surface area contributed by atoms with Crippen LogP contribution in [0.1, 0.15) is 36.4 Å². The van der Waals surface area contributed by atoms with Gasteiger partial charge >= 0.3 is 11.9 Å². The molecule has 1 aromatic heterocycles. The minimum Gasteiger partial charge on any atom is -0.486 e. The first kappa shape index (κ1) is 18.4. The lowest BCUT2D eigenvalue weighted by Gasteiger charge is -2.18. The number of thiocarbonyl (C=S) groups is 1. The third kappa shape index (κ3) is 2.77. The smallest absolute Gasteiger partial charge is 0.451 e. The molecule has 1 aliphatic heterocycles. The van der Waals surface area contributed by atoms with Crippen molar-refractivity contribution >= 4 is 17.2 Å². The second-order valence-electron chi connectivity index (χ2n) is 6.87. The standard InChI is InChI=1S/C16H17F3N4O2S/c1-7-5-8(12(20)26)11-9(6-15(2,3)25-11)10(7)23-14(24)22(4)13(21-23)16(17,18)19/h5H,6H2,1-4H3,(H2,20,26). The lowest BCUT2D eigenvalue weighted by atomic mass is 9.96. The minimum absolute atomic E-state index is 0.109. The largest absolute Gasteiger partial charge is 0.486 e. The molecule has 0 saturated heterocycles. The van der Waals surface area contributed by atoms with E-state index in [1.807, 2.05) is 13.8 Å². The molecule has 0 fully saturated rings. The Morgan fingerprint density at radius 2 is 2.04 bits per heavy atom. The highest BCUT2D eigenvalue weighted by Crippen LogP contribution is 2.42.